The second kappa shape index (κ2) is 6.71. The van der Waals surface area contributed by atoms with Crippen LogP contribution in [0.3, 0.4) is 0 Å². The van der Waals surface area contributed by atoms with Crippen molar-refractivity contribution < 1.29 is 9.53 Å². The molecule has 0 bridgehead atoms. The molecule has 0 N–H and O–H groups in total. The third kappa shape index (κ3) is 3.15. The molecular formula is C20H16O2S. The number of ether oxygens (including phenoxy) is 1. The zero-order valence-corrected chi connectivity index (χ0v) is 13.6. The van der Waals surface area contributed by atoms with E-state index >= 15 is 0 Å². The lowest BCUT2D eigenvalue weighted by Crippen LogP contribution is -2.11. The van der Waals surface area contributed by atoms with E-state index in [0.717, 1.165) is 10.8 Å². The molecule has 23 heavy (non-hydrogen) atoms. The number of ketones is 1. The molecule has 0 aliphatic rings. The standard InChI is InChI=1S/C20H16O2S/c1-2-22-20(23)18-10-6-5-9-17(18)19(21)16-12-11-14-7-3-4-8-15(14)13-16/h3-13H,2H2,1H3. The molecule has 2 nitrogen and oxygen atoms in total. The number of hydrogen-bond donors (Lipinski definition) is 0. The Kier molecular flexibility index (Phi) is 4.49. The lowest BCUT2D eigenvalue weighted by Gasteiger charge is -2.10. The highest BCUT2D eigenvalue weighted by molar-refractivity contribution is 7.80. The molecule has 0 spiro atoms. The first-order valence-electron chi connectivity index (χ1n) is 7.50. The van der Waals surface area contributed by atoms with E-state index in [9.17, 15) is 4.79 Å². The van der Waals surface area contributed by atoms with Crippen molar-refractivity contribution in [2.75, 3.05) is 6.61 Å². The van der Waals surface area contributed by atoms with Crippen molar-refractivity contribution in [2.24, 2.45) is 0 Å². The number of benzene rings is 3. The maximum absolute atomic E-state index is 12.9. The third-order valence-electron chi connectivity index (χ3n) is 3.68. The minimum atomic E-state index is -0.0478. The van der Waals surface area contributed by atoms with Crippen LogP contribution in [-0.2, 0) is 4.74 Å². The second-order valence-corrected chi connectivity index (χ2v) is 5.53. The predicted molar refractivity (Wildman–Crippen MR) is 97.1 cm³/mol. The lowest BCUT2D eigenvalue weighted by molar-refractivity contribution is 0.103. The fourth-order valence-corrected chi connectivity index (χ4v) is 2.85. The molecule has 0 radical (unpaired) electrons. The van der Waals surface area contributed by atoms with Gasteiger partial charge in [0, 0.05) is 16.7 Å². The Balaban J connectivity index is 2.04. The quantitative estimate of drug-likeness (QED) is 0.511. The average molecular weight is 320 g/mol. The van der Waals surface area contributed by atoms with Gasteiger partial charge in [-0.05, 0) is 42.0 Å². The SMILES string of the molecule is CCOC(=S)c1ccccc1C(=O)c1ccc2ccccc2c1. The molecule has 0 aliphatic heterocycles. The minimum Gasteiger partial charge on any atom is -0.483 e. The first-order chi connectivity index (χ1) is 11.2. The van der Waals surface area contributed by atoms with E-state index in [4.69, 9.17) is 17.0 Å². The van der Waals surface area contributed by atoms with Crippen LogP contribution < -0.4 is 0 Å². The summed E-state index contributed by atoms with van der Waals surface area (Å²) in [6.45, 7) is 2.36. The first kappa shape index (κ1) is 15.4. The maximum Gasteiger partial charge on any atom is 0.193 e. The lowest BCUT2D eigenvalue weighted by atomic mass is 9.97. The molecule has 0 aliphatic carbocycles. The molecule has 3 aromatic carbocycles. The number of carbonyl (C=O) groups is 1. The van der Waals surface area contributed by atoms with Gasteiger partial charge in [-0.15, -0.1) is 0 Å². The van der Waals surface area contributed by atoms with Crippen LogP contribution in [0.4, 0.5) is 0 Å². The molecule has 3 aromatic rings. The van der Waals surface area contributed by atoms with Gasteiger partial charge < -0.3 is 4.74 Å². The summed E-state index contributed by atoms with van der Waals surface area (Å²) >= 11 is 5.28. The molecule has 0 saturated carbocycles. The van der Waals surface area contributed by atoms with E-state index in [1.54, 1.807) is 6.07 Å². The normalized spacial score (nSPS) is 10.5. The Hall–Kier alpha value is -2.52. The van der Waals surface area contributed by atoms with E-state index in [1.807, 2.05) is 67.6 Å². The monoisotopic (exact) mass is 320 g/mol. The number of thiocarbonyl (C=S) groups is 1. The average Bonchev–Trinajstić information content (AvgIpc) is 2.61. The third-order valence-corrected chi connectivity index (χ3v) is 4.02. The van der Waals surface area contributed by atoms with Gasteiger partial charge in [0.15, 0.2) is 10.8 Å². The van der Waals surface area contributed by atoms with Crippen molar-refractivity contribution in [1.82, 2.24) is 0 Å². The van der Waals surface area contributed by atoms with E-state index in [0.29, 0.717) is 28.3 Å². The fourth-order valence-electron chi connectivity index (χ4n) is 2.55. The van der Waals surface area contributed by atoms with Gasteiger partial charge in [-0.25, -0.2) is 0 Å². The van der Waals surface area contributed by atoms with Crippen molar-refractivity contribution in [3.05, 3.63) is 83.4 Å². The Bertz CT molecular complexity index is 883. The highest BCUT2D eigenvalue weighted by atomic mass is 32.1. The minimum absolute atomic E-state index is 0.0478. The van der Waals surface area contributed by atoms with Gasteiger partial charge in [0.05, 0.1) is 6.61 Å². The van der Waals surface area contributed by atoms with Crippen molar-refractivity contribution in [3.63, 3.8) is 0 Å². The molecule has 0 fully saturated rings. The second-order valence-electron chi connectivity index (χ2n) is 5.16. The van der Waals surface area contributed by atoms with Gasteiger partial charge >= 0.3 is 0 Å². The number of fused-ring (bicyclic) bond motifs is 1. The van der Waals surface area contributed by atoms with Crippen LogP contribution in [0.15, 0.2) is 66.7 Å². The molecule has 0 unspecified atom stereocenters. The summed E-state index contributed by atoms with van der Waals surface area (Å²) in [5.74, 6) is -0.0478. The van der Waals surface area contributed by atoms with Crippen molar-refractivity contribution in [3.8, 4) is 0 Å². The fraction of sp³-hybridized carbons (Fsp3) is 0.100. The van der Waals surface area contributed by atoms with Gasteiger partial charge in [0.1, 0.15) is 0 Å². The summed E-state index contributed by atoms with van der Waals surface area (Å²) in [6, 6.07) is 21.0. The molecule has 3 heteroatoms. The molecule has 0 atom stereocenters. The van der Waals surface area contributed by atoms with Gasteiger partial charge in [-0.3, -0.25) is 4.79 Å². The topological polar surface area (TPSA) is 26.3 Å². The summed E-state index contributed by atoms with van der Waals surface area (Å²) in [4.78, 5) is 12.9. The van der Waals surface area contributed by atoms with E-state index in [2.05, 4.69) is 0 Å². The van der Waals surface area contributed by atoms with Crippen LogP contribution in [0, 0.1) is 0 Å². The highest BCUT2D eigenvalue weighted by Crippen LogP contribution is 2.20. The van der Waals surface area contributed by atoms with Gasteiger partial charge in [-0.2, -0.15) is 0 Å². The van der Waals surface area contributed by atoms with Crippen LogP contribution in [0.5, 0.6) is 0 Å². The number of rotatable bonds is 4. The molecule has 0 saturated heterocycles. The molecule has 3 rings (SSSR count). The van der Waals surface area contributed by atoms with Gasteiger partial charge in [-0.1, -0.05) is 54.6 Å². The summed E-state index contributed by atoms with van der Waals surface area (Å²) in [7, 11) is 0. The van der Waals surface area contributed by atoms with Gasteiger partial charge in [0.25, 0.3) is 0 Å². The first-order valence-corrected chi connectivity index (χ1v) is 7.91. The van der Waals surface area contributed by atoms with Crippen molar-refractivity contribution in [1.29, 1.82) is 0 Å². The molecule has 0 amide bonds. The predicted octanol–water partition coefficient (Wildman–Crippen LogP) is 4.78. The van der Waals surface area contributed by atoms with E-state index in [1.165, 1.54) is 0 Å². The van der Waals surface area contributed by atoms with Crippen LogP contribution >= 0.6 is 12.2 Å². The largest absolute Gasteiger partial charge is 0.483 e. The summed E-state index contributed by atoms with van der Waals surface area (Å²) in [5.41, 5.74) is 1.89. The molecule has 0 aromatic heterocycles. The summed E-state index contributed by atoms with van der Waals surface area (Å²) < 4.78 is 5.40. The molecular weight excluding hydrogens is 304 g/mol. The smallest absolute Gasteiger partial charge is 0.193 e. The Morgan fingerprint density at radius 1 is 0.913 bits per heavy atom. The Morgan fingerprint density at radius 2 is 1.57 bits per heavy atom. The zero-order valence-electron chi connectivity index (χ0n) is 12.8. The Labute approximate surface area is 140 Å². The maximum atomic E-state index is 12.9. The van der Waals surface area contributed by atoms with Crippen LogP contribution in [0.1, 0.15) is 28.4 Å². The summed E-state index contributed by atoms with van der Waals surface area (Å²) in [5, 5.41) is 2.52. The van der Waals surface area contributed by atoms with Gasteiger partial charge in [0.2, 0.25) is 0 Å². The molecule has 114 valence electrons. The number of hydrogen-bond acceptors (Lipinski definition) is 3. The zero-order chi connectivity index (χ0) is 16.2. The summed E-state index contributed by atoms with van der Waals surface area (Å²) in [6.07, 6.45) is 0. The molecule has 0 heterocycles. The number of carbonyl (C=O) groups excluding carboxylic acids is 1. The van der Waals surface area contributed by atoms with Crippen LogP contribution in [0.25, 0.3) is 10.8 Å². The van der Waals surface area contributed by atoms with Crippen LogP contribution in [-0.4, -0.2) is 17.4 Å². The van der Waals surface area contributed by atoms with E-state index in [-0.39, 0.29) is 5.78 Å². The van der Waals surface area contributed by atoms with Crippen LogP contribution in [0.2, 0.25) is 0 Å². The Morgan fingerprint density at radius 3 is 2.30 bits per heavy atom. The van der Waals surface area contributed by atoms with Crippen molar-refractivity contribution >= 4 is 33.8 Å². The van der Waals surface area contributed by atoms with Crippen molar-refractivity contribution in [2.45, 2.75) is 6.92 Å². The van der Waals surface area contributed by atoms with E-state index < -0.39 is 0 Å². The highest BCUT2D eigenvalue weighted by Gasteiger charge is 2.16.